The van der Waals surface area contributed by atoms with E-state index in [0.717, 1.165) is 0 Å². The predicted molar refractivity (Wildman–Crippen MR) is 152 cm³/mol. The third-order valence-corrected chi connectivity index (χ3v) is 6.44. The van der Waals surface area contributed by atoms with Crippen LogP contribution >= 0.6 is 11.3 Å². The zero-order valence-corrected chi connectivity index (χ0v) is 24.3. The highest BCUT2D eigenvalue weighted by atomic mass is 32.1. The second-order valence-electron chi connectivity index (χ2n) is 8.31. The van der Waals surface area contributed by atoms with Gasteiger partial charge in [0.1, 0.15) is 17.1 Å². The predicted octanol–water partition coefficient (Wildman–Crippen LogP) is 7.90. The first-order valence-electron chi connectivity index (χ1n) is 13.2. The Bertz CT molecular complexity index is 1010. The van der Waals surface area contributed by atoms with Gasteiger partial charge in [-0.05, 0) is 44.7 Å². The van der Waals surface area contributed by atoms with Crippen LogP contribution in [0.2, 0.25) is 0 Å². The Morgan fingerprint density at radius 2 is 1.89 bits per heavy atom. The second kappa shape index (κ2) is 20.2. The molecule has 2 aromatic heterocycles. The third kappa shape index (κ3) is 13.9. The lowest BCUT2D eigenvalue weighted by atomic mass is 10.0. The number of nitrogens with one attached hydrogen (secondary N) is 1. The minimum atomic E-state index is -0.818. The number of aryl methyl sites for hydroxylation is 2. The number of alkyl carbamates (subject to hydrolysis) is 1. The van der Waals surface area contributed by atoms with Gasteiger partial charge in [-0.1, -0.05) is 60.0 Å². The molecule has 0 saturated carbocycles. The molecule has 0 aliphatic heterocycles. The molecule has 0 bridgehead atoms. The van der Waals surface area contributed by atoms with Crippen molar-refractivity contribution in [2.24, 2.45) is 0 Å². The number of methoxy groups -OCH3 is 1. The minimum absolute atomic E-state index is 0.116. The molecule has 1 atom stereocenters. The van der Waals surface area contributed by atoms with Crippen LogP contribution in [0, 0.1) is 6.92 Å². The van der Waals surface area contributed by atoms with Crippen LogP contribution in [-0.4, -0.2) is 24.1 Å². The van der Waals surface area contributed by atoms with Crippen LogP contribution in [-0.2, 0) is 11.2 Å². The molecule has 0 saturated heterocycles. The number of hydrogen-bond donors (Lipinski definition) is 2. The molecule has 0 spiro atoms. The number of thiophene rings is 1. The van der Waals surface area contributed by atoms with Crippen molar-refractivity contribution in [3.05, 3.63) is 62.0 Å². The molecular formula is C29H45NO6S. The van der Waals surface area contributed by atoms with E-state index >= 15 is 0 Å². The lowest BCUT2D eigenvalue weighted by molar-refractivity contribution is 0.0980. The van der Waals surface area contributed by atoms with E-state index in [4.69, 9.17) is 4.42 Å². The molecule has 37 heavy (non-hydrogen) atoms. The number of amides is 1. The van der Waals surface area contributed by atoms with Gasteiger partial charge in [0.25, 0.3) is 0 Å². The molecular weight excluding hydrogens is 490 g/mol. The molecule has 208 valence electrons. The van der Waals surface area contributed by atoms with Crippen molar-refractivity contribution in [3.63, 3.8) is 0 Å². The smallest absolute Gasteiger partial charge is 0.410 e. The molecule has 0 aliphatic carbocycles. The zero-order valence-electron chi connectivity index (χ0n) is 23.5. The average Bonchev–Trinajstić information content (AvgIpc) is 3.31. The SMILES string of the molecule is CC.CCC(=O)c1c(O)cc(C(C)CC/C=C/NC(=O)OC)oc1=O.CCCCCCc1ccc(C)s1. The standard InChI is InChI=1S/C16H21NO6.C11H18S.C2H6/c1-4-11(18)14-12(19)9-13(23-15(14)20)10(2)7-5-6-8-17-16(21)22-3;1-3-4-5-6-7-11-9-8-10(2)12-11;1-2/h6,8-10,19H,4-5,7H2,1-3H3,(H,17,21);8-9H,3-7H2,1-2H3;1-2H3/b8-6+;;. The number of carbonyl (C=O) groups is 2. The lowest BCUT2D eigenvalue weighted by Crippen LogP contribution is -2.16. The third-order valence-electron chi connectivity index (χ3n) is 5.38. The lowest BCUT2D eigenvalue weighted by Gasteiger charge is -2.10. The van der Waals surface area contributed by atoms with Crippen LogP contribution in [0.3, 0.4) is 0 Å². The average molecular weight is 536 g/mol. The summed E-state index contributed by atoms with van der Waals surface area (Å²) in [7, 11) is 1.27. The summed E-state index contributed by atoms with van der Waals surface area (Å²) in [6, 6.07) is 5.80. The van der Waals surface area contributed by atoms with Gasteiger partial charge in [0.05, 0.1) is 7.11 Å². The topological polar surface area (TPSA) is 106 Å². The molecule has 2 rings (SSSR count). The van der Waals surface area contributed by atoms with Crippen LogP contribution in [0.1, 0.15) is 111 Å². The van der Waals surface area contributed by atoms with Gasteiger partial charge < -0.3 is 14.3 Å². The Hall–Kier alpha value is -2.87. The Kier molecular flexibility index (Phi) is 18.6. The van der Waals surface area contributed by atoms with Gasteiger partial charge in [-0.15, -0.1) is 11.3 Å². The normalized spacial score (nSPS) is 11.1. The Morgan fingerprint density at radius 1 is 1.19 bits per heavy atom. The second-order valence-corrected chi connectivity index (χ2v) is 9.69. The first-order chi connectivity index (χ1) is 17.7. The molecule has 2 N–H and O–H groups in total. The van der Waals surface area contributed by atoms with Crippen molar-refractivity contribution in [2.75, 3.05) is 7.11 Å². The summed E-state index contributed by atoms with van der Waals surface area (Å²) in [4.78, 5) is 37.2. The van der Waals surface area contributed by atoms with Gasteiger partial charge in [-0.3, -0.25) is 10.1 Å². The maximum absolute atomic E-state index is 11.8. The number of rotatable bonds is 12. The van der Waals surface area contributed by atoms with E-state index < -0.39 is 17.5 Å². The van der Waals surface area contributed by atoms with E-state index in [0.29, 0.717) is 18.6 Å². The Morgan fingerprint density at radius 3 is 2.43 bits per heavy atom. The van der Waals surface area contributed by atoms with E-state index in [1.165, 1.54) is 56.4 Å². The van der Waals surface area contributed by atoms with Gasteiger partial charge in [0, 0.05) is 34.4 Å². The molecule has 0 radical (unpaired) electrons. The van der Waals surface area contributed by atoms with Gasteiger partial charge in [0.15, 0.2) is 5.78 Å². The van der Waals surface area contributed by atoms with E-state index in [1.54, 1.807) is 17.9 Å². The fourth-order valence-electron chi connectivity index (χ4n) is 3.28. The monoisotopic (exact) mass is 535 g/mol. The zero-order chi connectivity index (χ0) is 28.2. The number of aromatic hydroxyl groups is 1. The summed E-state index contributed by atoms with van der Waals surface area (Å²) >= 11 is 1.95. The highest BCUT2D eigenvalue weighted by Crippen LogP contribution is 2.25. The van der Waals surface area contributed by atoms with Crippen molar-refractivity contribution >= 4 is 23.2 Å². The van der Waals surface area contributed by atoms with Crippen molar-refractivity contribution in [3.8, 4) is 5.75 Å². The minimum Gasteiger partial charge on any atom is -0.507 e. The van der Waals surface area contributed by atoms with E-state index in [1.807, 2.05) is 32.1 Å². The summed E-state index contributed by atoms with van der Waals surface area (Å²) in [5.74, 6) is -0.623. The number of carbonyl (C=O) groups excluding carboxylic acids is 2. The first-order valence-corrected chi connectivity index (χ1v) is 14.0. The molecule has 2 aromatic rings. The fourth-order valence-corrected chi connectivity index (χ4v) is 4.21. The number of Topliss-reactive ketones (excluding diaryl/α,β-unsaturated/α-hetero) is 1. The van der Waals surface area contributed by atoms with Crippen molar-refractivity contribution in [1.29, 1.82) is 0 Å². The number of ether oxygens (including phenoxy) is 1. The molecule has 8 heteroatoms. The molecule has 7 nitrogen and oxygen atoms in total. The number of allylic oxidation sites excluding steroid dienone is 1. The number of unbranched alkanes of at least 4 members (excludes halogenated alkanes) is 3. The van der Waals surface area contributed by atoms with Gasteiger partial charge in [0.2, 0.25) is 0 Å². The van der Waals surface area contributed by atoms with Gasteiger partial charge in [-0.25, -0.2) is 9.59 Å². The molecule has 2 heterocycles. The molecule has 1 amide bonds. The van der Waals surface area contributed by atoms with Crippen LogP contribution in [0.25, 0.3) is 0 Å². The van der Waals surface area contributed by atoms with Crippen LogP contribution in [0.5, 0.6) is 5.75 Å². The molecule has 1 unspecified atom stereocenters. The Balaban J connectivity index is 0.000000775. The maximum atomic E-state index is 11.8. The van der Waals surface area contributed by atoms with E-state index in [-0.39, 0.29) is 23.7 Å². The van der Waals surface area contributed by atoms with Crippen LogP contribution < -0.4 is 10.9 Å². The summed E-state index contributed by atoms with van der Waals surface area (Å²) < 4.78 is 9.54. The highest BCUT2D eigenvalue weighted by molar-refractivity contribution is 7.11. The highest BCUT2D eigenvalue weighted by Gasteiger charge is 2.19. The summed E-state index contributed by atoms with van der Waals surface area (Å²) in [6.45, 7) is 11.9. The van der Waals surface area contributed by atoms with Crippen molar-refractivity contribution in [1.82, 2.24) is 5.32 Å². The quantitative estimate of drug-likeness (QED) is 0.211. The largest absolute Gasteiger partial charge is 0.507 e. The first kappa shape index (κ1) is 34.1. The van der Waals surface area contributed by atoms with Crippen molar-refractivity contribution < 1.29 is 23.8 Å². The summed E-state index contributed by atoms with van der Waals surface area (Å²) in [6.07, 6.45) is 10.8. The maximum Gasteiger partial charge on any atom is 0.410 e. The molecule has 0 aliphatic rings. The summed E-state index contributed by atoms with van der Waals surface area (Å²) in [5.41, 5.74) is -1.12. The molecule has 0 fully saturated rings. The Labute approximate surface area is 225 Å². The van der Waals surface area contributed by atoms with Crippen LogP contribution in [0.4, 0.5) is 4.79 Å². The van der Waals surface area contributed by atoms with E-state index in [9.17, 15) is 19.5 Å². The van der Waals surface area contributed by atoms with Crippen molar-refractivity contribution in [2.45, 2.75) is 98.8 Å². The number of hydrogen-bond acceptors (Lipinski definition) is 7. The van der Waals surface area contributed by atoms with Gasteiger partial charge >= 0.3 is 11.7 Å². The van der Waals surface area contributed by atoms with Gasteiger partial charge in [-0.2, -0.15) is 0 Å². The van der Waals surface area contributed by atoms with E-state index in [2.05, 4.69) is 36.0 Å². The van der Waals surface area contributed by atoms with Crippen LogP contribution in [0.15, 0.2) is 39.7 Å². The molecule has 0 aromatic carbocycles. The fraction of sp³-hybridized carbons (Fsp3) is 0.552. The number of ketones is 1. The summed E-state index contributed by atoms with van der Waals surface area (Å²) in [5, 5.41) is 12.3.